The van der Waals surface area contributed by atoms with Gasteiger partial charge in [0.2, 0.25) is 5.91 Å². The van der Waals surface area contributed by atoms with Crippen molar-refractivity contribution in [3.05, 3.63) is 35.9 Å². The van der Waals surface area contributed by atoms with Gasteiger partial charge in [0, 0.05) is 6.04 Å². The van der Waals surface area contributed by atoms with E-state index < -0.39 is 0 Å². The Balaban J connectivity index is 1.78. The number of nitrogens with zero attached hydrogens (tertiary/aromatic N) is 1. The molecule has 102 valence electrons. The van der Waals surface area contributed by atoms with Crippen molar-refractivity contribution in [2.75, 3.05) is 13.1 Å². The van der Waals surface area contributed by atoms with Gasteiger partial charge >= 0.3 is 0 Å². The zero-order valence-electron chi connectivity index (χ0n) is 11.2. The molecule has 5 heteroatoms. The molecule has 2 rings (SSSR count). The van der Waals surface area contributed by atoms with Crippen LogP contribution in [0.3, 0.4) is 0 Å². The van der Waals surface area contributed by atoms with Crippen LogP contribution in [0.25, 0.3) is 0 Å². The van der Waals surface area contributed by atoms with Gasteiger partial charge in [-0.2, -0.15) is 0 Å². The molecule has 0 bridgehead atoms. The second kappa shape index (κ2) is 6.61. The second-order valence-corrected chi connectivity index (χ2v) is 5.93. The Morgan fingerprint density at radius 1 is 1.42 bits per heavy atom. The van der Waals surface area contributed by atoms with Gasteiger partial charge < -0.3 is 10.6 Å². The summed E-state index contributed by atoms with van der Waals surface area (Å²) >= 11 is 1.68. The lowest BCUT2D eigenvalue weighted by Crippen LogP contribution is -2.38. The van der Waals surface area contributed by atoms with E-state index in [-0.39, 0.29) is 18.5 Å². The minimum Gasteiger partial charge on any atom is -0.356 e. The molecule has 1 aliphatic rings. The molecule has 0 saturated heterocycles. The smallest absolute Gasteiger partial charge is 0.239 e. The van der Waals surface area contributed by atoms with Crippen LogP contribution in [-0.4, -0.2) is 30.2 Å². The molecule has 1 heterocycles. The number of rotatable bonds is 4. The van der Waals surface area contributed by atoms with Crippen molar-refractivity contribution in [3.63, 3.8) is 0 Å². The highest BCUT2D eigenvalue weighted by Gasteiger charge is 2.21. The lowest BCUT2D eigenvalue weighted by molar-refractivity contribution is -0.120. The molecule has 19 heavy (non-hydrogen) atoms. The maximum absolute atomic E-state index is 11.5. The Morgan fingerprint density at radius 3 is 2.84 bits per heavy atom. The Morgan fingerprint density at radius 2 is 2.16 bits per heavy atom. The van der Waals surface area contributed by atoms with Crippen LogP contribution < -0.4 is 10.6 Å². The summed E-state index contributed by atoms with van der Waals surface area (Å²) in [5.41, 5.74) is 1.28. The molecule has 4 nitrogen and oxygen atoms in total. The molecule has 0 spiro atoms. The Hall–Kier alpha value is -1.49. The van der Waals surface area contributed by atoms with Gasteiger partial charge in [-0.1, -0.05) is 42.1 Å². The van der Waals surface area contributed by atoms with Crippen molar-refractivity contribution < 1.29 is 4.79 Å². The third-order valence-corrected chi connectivity index (χ3v) is 3.88. The molecular weight excluding hydrogens is 258 g/mol. The summed E-state index contributed by atoms with van der Waals surface area (Å²) < 4.78 is 0. The van der Waals surface area contributed by atoms with E-state index in [2.05, 4.69) is 27.8 Å². The van der Waals surface area contributed by atoms with E-state index in [0.29, 0.717) is 5.25 Å². The molecule has 0 fully saturated rings. The number of thioether (sulfide) groups is 1. The minimum atomic E-state index is 0.00135. The monoisotopic (exact) mass is 277 g/mol. The number of amidine groups is 1. The average molecular weight is 277 g/mol. The first-order chi connectivity index (χ1) is 9.15. The van der Waals surface area contributed by atoms with Gasteiger partial charge in [0.05, 0.1) is 18.3 Å². The summed E-state index contributed by atoms with van der Waals surface area (Å²) in [4.78, 5) is 16.0. The summed E-state index contributed by atoms with van der Waals surface area (Å²) in [5.74, 6) is 0.00135. The molecule has 1 amide bonds. The number of aliphatic imine (C=N–C) groups is 1. The van der Waals surface area contributed by atoms with Crippen molar-refractivity contribution in [1.29, 1.82) is 0 Å². The van der Waals surface area contributed by atoms with Crippen molar-refractivity contribution in [3.8, 4) is 0 Å². The summed E-state index contributed by atoms with van der Waals surface area (Å²) in [6, 6.07) is 10.5. The molecule has 0 aromatic heterocycles. The van der Waals surface area contributed by atoms with Crippen molar-refractivity contribution >= 4 is 22.8 Å². The van der Waals surface area contributed by atoms with Gasteiger partial charge in [0.25, 0.3) is 0 Å². The first kappa shape index (κ1) is 13.9. The summed E-state index contributed by atoms with van der Waals surface area (Å²) in [7, 11) is 0. The predicted molar refractivity (Wildman–Crippen MR) is 80.4 cm³/mol. The van der Waals surface area contributed by atoms with E-state index in [1.165, 1.54) is 5.56 Å². The van der Waals surface area contributed by atoms with Crippen LogP contribution in [0.1, 0.15) is 24.7 Å². The number of hydrogen-bond acceptors (Lipinski definition) is 4. The Labute approximate surface area is 118 Å². The van der Waals surface area contributed by atoms with E-state index >= 15 is 0 Å². The molecule has 1 aromatic rings. The molecule has 0 aliphatic carbocycles. The van der Waals surface area contributed by atoms with Crippen molar-refractivity contribution in [2.24, 2.45) is 4.99 Å². The molecule has 1 aliphatic heterocycles. The van der Waals surface area contributed by atoms with Crippen LogP contribution in [0.4, 0.5) is 0 Å². The largest absolute Gasteiger partial charge is 0.356 e. The van der Waals surface area contributed by atoms with Gasteiger partial charge in [-0.05, 0) is 19.4 Å². The summed E-state index contributed by atoms with van der Waals surface area (Å²) in [6.07, 6.45) is 0. The lowest BCUT2D eigenvalue weighted by Gasteiger charge is -2.11. The average Bonchev–Trinajstić information content (AvgIpc) is 2.85. The molecule has 0 radical (unpaired) electrons. The molecule has 1 aromatic carbocycles. The highest BCUT2D eigenvalue weighted by atomic mass is 32.2. The quantitative estimate of drug-likeness (QED) is 0.884. The molecule has 0 saturated carbocycles. The minimum absolute atomic E-state index is 0.00135. The lowest BCUT2D eigenvalue weighted by atomic mass is 10.1. The third kappa shape index (κ3) is 4.28. The van der Waals surface area contributed by atoms with Crippen LogP contribution in [0.2, 0.25) is 0 Å². The standard InChI is InChI=1S/C14H19N3OS/c1-10(2)17-13(18)9-16-14-15-8-12(19-14)11-6-4-3-5-7-11/h3-7,10,12H,8-9H2,1-2H3,(H,15,16)(H,17,18). The SMILES string of the molecule is CC(C)NC(=O)CNC1=NCC(c2ccccc2)S1. The maximum Gasteiger partial charge on any atom is 0.239 e. The Kier molecular flexibility index (Phi) is 4.85. The first-order valence-corrected chi connectivity index (χ1v) is 7.32. The predicted octanol–water partition coefficient (Wildman–Crippen LogP) is 1.94. The molecule has 1 atom stereocenters. The Bertz CT molecular complexity index is 459. The topological polar surface area (TPSA) is 53.5 Å². The summed E-state index contributed by atoms with van der Waals surface area (Å²) in [5, 5.41) is 7.14. The zero-order valence-corrected chi connectivity index (χ0v) is 12.0. The number of carbonyl (C=O) groups is 1. The fourth-order valence-corrected chi connectivity index (χ4v) is 2.86. The van der Waals surface area contributed by atoms with Crippen molar-refractivity contribution in [1.82, 2.24) is 10.6 Å². The fraction of sp³-hybridized carbons (Fsp3) is 0.429. The van der Waals surface area contributed by atoms with E-state index in [1.807, 2.05) is 32.0 Å². The van der Waals surface area contributed by atoms with E-state index in [9.17, 15) is 4.79 Å². The molecule has 1 unspecified atom stereocenters. The second-order valence-electron chi connectivity index (χ2n) is 4.74. The number of hydrogen-bond donors (Lipinski definition) is 2. The van der Waals surface area contributed by atoms with Crippen LogP contribution >= 0.6 is 11.8 Å². The van der Waals surface area contributed by atoms with Gasteiger partial charge in [-0.25, -0.2) is 0 Å². The van der Waals surface area contributed by atoms with Gasteiger partial charge in [0.15, 0.2) is 5.17 Å². The van der Waals surface area contributed by atoms with E-state index in [0.717, 1.165) is 11.7 Å². The normalized spacial score (nSPS) is 18.3. The van der Waals surface area contributed by atoms with Crippen molar-refractivity contribution in [2.45, 2.75) is 25.1 Å². The number of amides is 1. The van der Waals surface area contributed by atoms with Gasteiger partial charge in [0.1, 0.15) is 0 Å². The molecular formula is C14H19N3OS. The number of benzene rings is 1. The fourth-order valence-electron chi connectivity index (χ4n) is 1.84. The zero-order chi connectivity index (χ0) is 13.7. The van der Waals surface area contributed by atoms with E-state index in [4.69, 9.17) is 0 Å². The highest BCUT2D eigenvalue weighted by molar-refractivity contribution is 8.14. The maximum atomic E-state index is 11.5. The molecule has 2 N–H and O–H groups in total. The van der Waals surface area contributed by atoms with Gasteiger partial charge in [-0.15, -0.1) is 0 Å². The van der Waals surface area contributed by atoms with Crippen LogP contribution in [0.15, 0.2) is 35.3 Å². The summed E-state index contributed by atoms with van der Waals surface area (Å²) in [6.45, 7) is 4.95. The number of carbonyl (C=O) groups excluding carboxylic acids is 1. The first-order valence-electron chi connectivity index (χ1n) is 6.44. The van der Waals surface area contributed by atoms with Crippen LogP contribution in [-0.2, 0) is 4.79 Å². The van der Waals surface area contributed by atoms with Crippen LogP contribution in [0, 0.1) is 0 Å². The van der Waals surface area contributed by atoms with Gasteiger partial charge in [-0.3, -0.25) is 9.79 Å². The highest BCUT2D eigenvalue weighted by Crippen LogP contribution is 2.33. The third-order valence-electron chi connectivity index (χ3n) is 2.68. The van der Waals surface area contributed by atoms with E-state index in [1.54, 1.807) is 11.8 Å². The number of nitrogens with one attached hydrogen (secondary N) is 2. The van der Waals surface area contributed by atoms with Crippen LogP contribution in [0.5, 0.6) is 0 Å².